The summed E-state index contributed by atoms with van der Waals surface area (Å²) in [6.45, 7) is 2.17. The fourth-order valence-corrected chi connectivity index (χ4v) is 2.12. The van der Waals surface area contributed by atoms with Crippen molar-refractivity contribution in [2.45, 2.75) is 58.0 Å². The summed E-state index contributed by atoms with van der Waals surface area (Å²) in [5.41, 5.74) is 7.47. The van der Waals surface area contributed by atoms with E-state index in [-0.39, 0.29) is 12.4 Å². The summed E-state index contributed by atoms with van der Waals surface area (Å²) in [7, 11) is 0. The first-order valence-electron chi connectivity index (χ1n) is 7.24. The van der Waals surface area contributed by atoms with Crippen molar-refractivity contribution in [1.29, 1.82) is 0 Å². The molecule has 4 N–H and O–H groups in total. The molecule has 0 saturated heterocycles. The summed E-state index contributed by atoms with van der Waals surface area (Å²) in [6.07, 6.45) is 5.97. The first-order chi connectivity index (χ1) is 9.13. The van der Waals surface area contributed by atoms with E-state index in [4.69, 9.17) is 11.1 Å². The zero-order valence-electron chi connectivity index (χ0n) is 12.2. The van der Waals surface area contributed by atoms with Crippen molar-refractivity contribution in [2.75, 3.05) is 0 Å². The molecule has 0 saturated carbocycles. The van der Waals surface area contributed by atoms with Gasteiger partial charge in [0.25, 0.3) is 5.84 Å². The summed E-state index contributed by atoms with van der Waals surface area (Å²) in [5, 5.41) is 5.50. The minimum Gasteiger partial charge on any atom is -1.00 e. The predicted octanol–water partition coefficient (Wildman–Crippen LogP) is -0.604. The van der Waals surface area contributed by atoms with Crippen molar-refractivity contribution < 1.29 is 22.2 Å². The molecule has 1 atom stereocenters. The maximum Gasteiger partial charge on any atom is 0.270 e. The van der Waals surface area contributed by atoms with Gasteiger partial charge in [0, 0.05) is 0 Å². The Hall–Kier alpha value is -1.09. The highest BCUT2D eigenvalue weighted by molar-refractivity contribution is 5.92. The molecular weight excluding hydrogens is 275 g/mol. The molecule has 0 radical (unpaired) electrons. The van der Waals surface area contributed by atoms with Gasteiger partial charge in [0.15, 0.2) is 0 Å². The molecule has 114 valence electrons. The van der Waals surface area contributed by atoms with Gasteiger partial charge >= 0.3 is 0 Å². The highest BCUT2D eigenvalue weighted by atomic mass is 35.5. The van der Waals surface area contributed by atoms with Gasteiger partial charge in [-0.05, 0) is 37.0 Å². The summed E-state index contributed by atoms with van der Waals surface area (Å²) in [6, 6.07) is 7.72. The fraction of sp³-hybridized carbons (Fsp3) is 0.562. The molecule has 0 aromatic heterocycles. The third-order valence-electron chi connectivity index (χ3n) is 3.40. The Labute approximate surface area is 127 Å². The van der Waals surface area contributed by atoms with E-state index in [0.717, 1.165) is 30.4 Å². The van der Waals surface area contributed by atoms with Gasteiger partial charge in [-0.2, -0.15) is 0 Å². The number of rotatable bonds is 9. The first kappa shape index (κ1) is 18.9. The highest BCUT2D eigenvalue weighted by Gasteiger charge is 2.07. The standard InChI is InChI=1S/C16H25FN2.ClH/c1-2-3-4-5-6-15(17)12-9-13-7-10-14(11-8-13)16(18)19;/h7-8,10-11,15H,2-6,9,12H2,1H3,(H3,18,19);1H/t15-;/m0./s1. The van der Waals surface area contributed by atoms with Gasteiger partial charge in [-0.3, -0.25) is 11.1 Å². The molecular formula is C16H26ClFN2. The first-order valence-corrected chi connectivity index (χ1v) is 7.24. The summed E-state index contributed by atoms with van der Waals surface area (Å²) in [5.74, 6) is 0.325. The minimum atomic E-state index is -0.678. The number of hydrogen-bond acceptors (Lipinski definition) is 0. The Balaban J connectivity index is 0.00000361. The lowest BCUT2D eigenvalue weighted by molar-refractivity contribution is -0.114. The zero-order valence-corrected chi connectivity index (χ0v) is 13.0. The van der Waals surface area contributed by atoms with E-state index < -0.39 is 6.17 Å². The number of unbranched alkanes of at least 4 members (excludes halogenated alkanes) is 3. The number of amidine groups is 1. The highest BCUT2D eigenvalue weighted by Crippen LogP contribution is 2.14. The Bertz CT molecular complexity index is 379. The van der Waals surface area contributed by atoms with Crippen LogP contribution in [0.4, 0.5) is 4.39 Å². The second kappa shape index (κ2) is 10.7. The lowest BCUT2D eigenvalue weighted by atomic mass is 10.0. The Morgan fingerprint density at radius 1 is 1.15 bits per heavy atom. The fourth-order valence-electron chi connectivity index (χ4n) is 2.12. The molecule has 0 bridgehead atoms. The molecule has 2 nitrogen and oxygen atoms in total. The molecule has 0 fully saturated rings. The number of alkyl halides is 1. The largest absolute Gasteiger partial charge is 1.00 e. The average Bonchev–Trinajstić information content (AvgIpc) is 2.42. The molecule has 0 heterocycles. The molecule has 1 aromatic rings. The van der Waals surface area contributed by atoms with Crippen molar-refractivity contribution in [3.63, 3.8) is 0 Å². The minimum absolute atomic E-state index is 0. The van der Waals surface area contributed by atoms with E-state index in [0.29, 0.717) is 18.7 Å². The van der Waals surface area contributed by atoms with E-state index in [1.54, 1.807) is 0 Å². The van der Waals surface area contributed by atoms with E-state index >= 15 is 0 Å². The van der Waals surface area contributed by atoms with Crippen LogP contribution in [-0.2, 0) is 6.42 Å². The maximum atomic E-state index is 13.7. The van der Waals surface area contributed by atoms with Gasteiger partial charge < -0.3 is 12.4 Å². The Morgan fingerprint density at radius 3 is 2.35 bits per heavy atom. The van der Waals surface area contributed by atoms with E-state index in [2.05, 4.69) is 6.92 Å². The van der Waals surface area contributed by atoms with Gasteiger partial charge in [-0.25, -0.2) is 4.39 Å². The second-order valence-corrected chi connectivity index (χ2v) is 5.14. The monoisotopic (exact) mass is 300 g/mol. The van der Waals surface area contributed by atoms with Crippen molar-refractivity contribution in [2.24, 2.45) is 5.73 Å². The van der Waals surface area contributed by atoms with Crippen LogP contribution in [0, 0.1) is 0 Å². The zero-order chi connectivity index (χ0) is 14.1. The maximum absolute atomic E-state index is 13.7. The smallest absolute Gasteiger partial charge is 0.270 e. The molecule has 20 heavy (non-hydrogen) atoms. The Kier molecular flexibility index (Phi) is 10.1. The quantitative estimate of drug-likeness (QED) is 0.357. The third kappa shape index (κ3) is 7.49. The van der Waals surface area contributed by atoms with Crippen LogP contribution in [0.2, 0.25) is 0 Å². The van der Waals surface area contributed by atoms with Gasteiger partial charge in [0.2, 0.25) is 0 Å². The van der Waals surface area contributed by atoms with E-state index in [1.165, 1.54) is 12.8 Å². The average molecular weight is 301 g/mol. The van der Waals surface area contributed by atoms with Crippen molar-refractivity contribution in [3.8, 4) is 0 Å². The topological polar surface area (TPSA) is 51.6 Å². The number of benzene rings is 1. The lowest BCUT2D eigenvalue weighted by Crippen LogP contribution is -3.00. The summed E-state index contributed by atoms with van der Waals surface area (Å²) < 4.78 is 13.7. The van der Waals surface area contributed by atoms with Crippen LogP contribution in [0.15, 0.2) is 24.3 Å². The normalized spacial score (nSPS) is 11.7. The van der Waals surface area contributed by atoms with Crippen LogP contribution in [0.1, 0.15) is 56.6 Å². The van der Waals surface area contributed by atoms with E-state index in [9.17, 15) is 4.39 Å². The summed E-state index contributed by atoms with van der Waals surface area (Å²) >= 11 is 0. The molecule has 0 aliphatic heterocycles. The lowest BCUT2D eigenvalue weighted by Gasteiger charge is -2.08. The third-order valence-corrected chi connectivity index (χ3v) is 3.40. The van der Waals surface area contributed by atoms with Crippen LogP contribution >= 0.6 is 0 Å². The van der Waals surface area contributed by atoms with Crippen LogP contribution in [0.5, 0.6) is 0 Å². The van der Waals surface area contributed by atoms with Gasteiger partial charge in [0.05, 0.1) is 5.56 Å². The number of halogens is 2. The van der Waals surface area contributed by atoms with Crippen LogP contribution < -0.4 is 23.5 Å². The molecule has 0 aliphatic carbocycles. The van der Waals surface area contributed by atoms with Crippen LogP contribution in [0.25, 0.3) is 0 Å². The van der Waals surface area contributed by atoms with E-state index in [1.807, 2.05) is 24.3 Å². The molecule has 0 unspecified atom stereocenters. The van der Waals surface area contributed by atoms with Crippen molar-refractivity contribution in [1.82, 2.24) is 0 Å². The van der Waals surface area contributed by atoms with Crippen molar-refractivity contribution in [3.05, 3.63) is 35.4 Å². The predicted molar refractivity (Wildman–Crippen MR) is 78.6 cm³/mol. The van der Waals surface area contributed by atoms with Gasteiger partial charge in [-0.15, -0.1) is 0 Å². The molecule has 0 spiro atoms. The summed E-state index contributed by atoms with van der Waals surface area (Å²) in [4.78, 5) is 0. The number of aryl methyl sites for hydroxylation is 1. The van der Waals surface area contributed by atoms with Crippen LogP contribution in [0.3, 0.4) is 0 Å². The van der Waals surface area contributed by atoms with Gasteiger partial charge in [0.1, 0.15) is 6.17 Å². The Morgan fingerprint density at radius 2 is 1.80 bits per heavy atom. The SMILES string of the molecule is CCCCCC[C@H](F)CCc1ccc(C(N)=[NH2+])cc1.[Cl-]. The second-order valence-electron chi connectivity index (χ2n) is 5.14. The van der Waals surface area contributed by atoms with Gasteiger partial charge in [-0.1, -0.05) is 44.7 Å². The van der Waals surface area contributed by atoms with Crippen molar-refractivity contribution >= 4 is 5.84 Å². The number of nitrogens with two attached hydrogens (primary N) is 2. The van der Waals surface area contributed by atoms with Crippen LogP contribution in [-0.4, -0.2) is 12.0 Å². The number of hydrogen-bond donors (Lipinski definition) is 2. The molecule has 0 amide bonds. The molecule has 0 aliphatic rings. The molecule has 4 heteroatoms. The molecule has 1 aromatic carbocycles. The molecule has 1 rings (SSSR count).